The molecular weight excluding hydrogens is 348 g/mol. The molecule has 2 heterocycles. The number of aryl methyl sites for hydroxylation is 2. The molecule has 0 unspecified atom stereocenters. The molecule has 0 radical (unpaired) electrons. The molecule has 1 saturated carbocycles. The number of H-pyrrole nitrogens is 1. The van der Waals surface area contributed by atoms with Gasteiger partial charge in [-0.15, -0.1) is 0 Å². The molecule has 1 fully saturated rings. The third-order valence-electron chi connectivity index (χ3n) is 5.30. The molecule has 0 aromatic carbocycles. The molecule has 1 N–H and O–H groups in total. The molecule has 27 heavy (non-hydrogen) atoms. The maximum absolute atomic E-state index is 12.4. The quantitative estimate of drug-likeness (QED) is 0.748. The summed E-state index contributed by atoms with van der Waals surface area (Å²) in [7, 11) is 0. The van der Waals surface area contributed by atoms with Crippen molar-refractivity contribution in [3.63, 3.8) is 0 Å². The highest BCUT2D eigenvalue weighted by molar-refractivity contribution is 5.73. The number of imidazole rings is 1. The minimum atomic E-state index is -0.457. The maximum Gasteiger partial charge on any atom is 0.330 e. The molecule has 0 amide bonds. The number of aromatic amines is 1. The number of rotatable bonds is 7. The second-order valence-corrected chi connectivity index (χ2v) is 7.15. The fourth-order valence-corrected chi connectivity index (χ4v) is 3.78. The first-order valence-corrected chi connectivity index (χ1v) is 9.95. The van der Waals surface area contributed by atoms with E-state index >= 15 is 0 Å². The van der Waals surface area contributed by atoms with Crippen LogP contribution in [0.1, 0.15) is 64.6 Å². The van der Waals surface area contributed by atoms with E-state index in [2.05, 4.69) is 9.97 Å². The molecular formula is C19H28N4O4. The minimum absolute atomic E-state index is 0.0132. The van der Waals surface area contributed by atoms with Crippen LogP contribution in [0.4, 0.5) is 0 Å². The zero-order valence-electron chi connectivity index (χ0n) is 16.1. The number of nitrogens with one attached hydrogen (secondary N) is 1. The summed E-state index contributed by atoms with van der Waals surface area (Å²) < 4.78 is 8.73. The average Bonchev–Trinajstić information content (AvgIpc) is 3.05. The van der Waals surface area contributed by atoms with Gasteiger partial charge in [-0.2, -0.15) is 0 Å². The predicted molar refractivity (Wildman–Crippen MR) is 102 cm³/mol. The monoisotopic (exact) mass is 376 g/mol. The van der Waals surface area contributed by atoms with E-state index in [1.54, 1.807) is 4.57 Å². The minimum Gasteiger partial charge on any atom is -0.457 e. The van der Waals surface area contributed by atoms with Gasteiger partial charge in [-0.25, -0.2) is 9.78 Å². The SMILES string of the molecule is CCCCn1c(=O)[nH]c(=O)c2c1nc(COC(=O)C1CCCCC1)n2CC. The zero-order valence-corrected chi connectivity index (χ0v) is 16.1. The van der Waals surface area contributed by atoms with E-state index in [4.69, 9.17) is 4.74 Å². The molecule has 0 bridgehead atoms. The topological polar surface area (TPSA) is 99.0 Å². The molecule has 0 aliphatic heterocycles. The number of esters is 1. The summed E-state index contributed by atoms with van der Waals surface area (Å²) in [5.74, 6) is 0.268. The lowest BCUT2D eigenvalue weighted by Crippen LogP contribution is -2.31. The number of ether oxygens (including phenoxy) is 1. The number of carbonyl (C=O) groups is 1. The van der Waals surface area contributed by atoms with E-state index in [1.807, 2.05) is 13.8 Å². The molecule has 2 aromatic rings. The first kappa shape index (κ1) is 19.4. The standard InChI is InChI=1S/C19H28N4O4/c1-3-5-11-23-16-15(17(24)21-19(23)26)22(4-2)14(20-16)12-27-18(25)13-9-7-6-8-10-13/h13H,3-12H2,1-2H3,(H,21,24,26). The molecule has 1 aliphatic carbocycles. The number of unbranched alkanes of at least 4 members (excludes halogenated alkanes) is 1. The van der Waals surface area contributed by atoms with Crippen molar-refractivity contribution >= 4 is 17.1 Å². The summed E-state index contributed by atoms with van der Waals surface area (Å²) >= 11 is 0. The summed E-state index contributed by atoms with van der Waals surface area (Å²) in [4.78, 5) is 43.8. The number of nitrogens with zero attached hydrogens (tertiary/aromatic N) is 3. The Balaban J connectivity index is 1.91. The smallest absolute Gasteiger partial charge is 0.330 e. The van der Waals surface area contributed by atoms with Crippen LogP contribution < -0.4 is 11.2 Å². The Morgan fingerprint density at radius 3 is 2.59 bits per heavy atom. The Hall–Kier alpha value is -2.38. The summed E-state index contributed by atoms with van der Waals surface area (Å²) in [6.45, 7) is 4.94. The van der Waals surface area contributed by atoms with E-state index in [1.165, 1.54) is 11.0 Å². The molecule has 0 spiro atoms. The molecule has 8 nitrogen and oxygen atoms in total. The number of hydrogen-bond acceptors (Lipinski definition) is 5. The summed E-state index contributed by atoms with van der Waals surface area (Å²) in [6, 6.07) is 0. The molecule has 0 saturated heterocycles. The molecule has 8 heteroatoms. The summed E-state index contributed by atoms with van der Waals surface area (Å²) in [5, 5.41) is 0. The van der Waals surface area contributed by atoms with Crippen molar-refractivity contribution < 1.29 is 9.53 Å². The van der Waals surface area contributed by atoms with Crippen LogP contribution in [-0.2, 0) is 29.2 Å². The second-order valence-electron chi connectivity index (χ2n) is 7.15. The van der Waals surface area contributed by atoms with Crippen molar-refractivity contribution in [2.45, 2.75) is 78.5 Å². The van der Waals surface area contributed by atoms with E-state index in [0.717, 1.165) is 38.5 Å². The van der Waals surface area contributed by atoms with Gasteiger partial charge in [0.1, 0.15) is 12.4 Å². The number of carbonyl (C=O) groups excluding carboxylic acids is 1. The van der Waals surface area contributed by atoms with Gasteiger partial charge in [0.25, 0.3) is 5.56 Å². The van der Waals surface area contributed by atoms with Crippen molar-refractivity contribution in [2.24, 2.45) is 5.92 Å². The highest BCUT2D eigenvalue weighted by atomic mass is 16.5. The van der Waals surface area contributed by atoms with Crippen LogP contribution in [-0.4, -0.2) is 25.1 Å². The number of aromatic nitrogens is 4. The fourth-order valence-electron chi connectivity index (χ4n) is 3.78. The van der Waals surface area contributed by atoms with E-state index in [0.29, 0.717) is 30.1 Å². The predicted octanol–water partition coefficient (Wildman–Crippen LogP) is 2.33. The molecule has 2 aromatic heterocycles. The van der Waals surface area contributed by atoms with E-state index in [-0.39, 0.29) is 18.5 Å². The number of hydrogen-bond donors (Lipinski definition) is 1. The van der Waals surface area contributed by atoms with Crippen LogP contribution >= 0.6 is 0 Å². The molecule has 148 valence electrons. The lowest BCUT2D eigenvalue weighted by molar-refractivity contribution is -0.151. The highest BCUT2D eigenvalue weighted by Crippen LogP contribution is 2.25. The van der Waals surface area contributed by atoms with Crippen LogP contribution in [0, 0.1) is 5.92 Å². The lowest BCUT2D eigenvalue weighted by Gasteiger charge is -2.19. The summed E-state index contributed by atoms with van der Waals surface area (Å²) in [6.07, 6.45) is 6.78. The Bertz CT molecular complexity index is 918. The van der Waals surface area contributed by atoms with Crippen LogP contribution in [0.2, 0.25) is 0 Å². The Morgan fingerprint density at radius 2 is 1.93 bits per heavy atom. The molecule has 3 rings (SSSR count). The van der Waals surface area contributed by atoms with E-state index < -0.39 is 11.2 Å². The van der Waals surface area contributed by atoms with Crippen molar-refractivity contribution in [1.29, 1.82) is 0 Å². The van der Waals surface area contributed by atoms with Gasteiger partial charge in [-0.05, 0) is 26.2 Å². The van der Waals surface area contributed by atoms with Crippen LogP contribution in [0.5, 0.6) is 0 Å². The van der Waals surface area contributed by atoms with Gasteiger partial charge in [-0.3, -0.25) is 19.1 Å². The normalized spacial score (nSPS) is 15.3. The van der Waals surface area contributed by atoms with Crippen LogP contribution in [0.15, 0.2) is 9.59 Å². The van der Waals surface area contributed by atoms with Crippen molar-refractivity contribution in [1.82, 2.24) is 19.1 Å². The van der Waals surface area contributed by atoms with Gasteiger partial charge in [0.15, 0.2) is 11.2 Å². The zero-order chi connectivity index (χ0) is 19.4. The second kappa shape index (κ2) is 8.54. The van der Waals surface area contributed by atoms with Gasteiger partial charge in [-0.1, -0.05) is 32.6 Å². The van der Waals surface area contributed by atoms with Gasteiger partial charge in [0.2, 0.25) is 0 Å². The first-order valence-electron chi connectivity index (χ1n) is 9.95. The number of fused-ring (bicyclic) bond motifs is 1. The maximum atomic E-state index is 12.4. The van der Waals surface area contributed by atoms with E-state index in [9.17, 15) is 14.4 Å². The molecule has 0 atom stereocenters. The summed E-state index contributed by atoms with van der Waals surface area (Å²) in [5.41, 5.74) is -0.186. The lowest BCUT2D eigenvalue weighted by atomic mass is 9.89. The molecule has 1 aliphatic rings. The third kappa shape index (κ3) is 3.99. The van der Waals surface area contributed by atoms with Crippen LogP contribution in [0.25, 0.3) is 11.2 Å². The van der Waals surface area contributed by atoms with Crippen molar-refractivity contribution in [3.05, 3.63) is 26.7 Å². The first-order chi connectivity index (χ1) is 13.1. The third-order valence-corrected chi connectivity index (χ3v) is 5.30. The van der Waals surface area contributed by atoms with Gasteiger partial charge in [0.05, 0.1) is 5.92 Å². The van der Waals surface area contributed by atoms with Gasteiger partial charge < -0.3 is 9.30 Å². The highest BCUT2D eigenvalue weighted by Gasteiger charge is 2.24. The average molecular weight is 376 g/mol. The van der Waals surface area contributed by atoms with Crippen LogP contribution in [0.3, 0.4) is 0 Å². The largest absolute Gasteiger partial charge is 0.457 e. The Labute approximate surface area is 157 Å². The van der Waals surface area contributed by atoms with Gasteiger partial charge in [0, 0.05) is 13.1 Å². The van der Waals surface area contributed by atoms with Crippen molar-refractivity contribution in [3.8, 4) is 0 Å². The van der Waals surface area contributed by atoms with Gasteiger partial charge >= 0.3 is 11.7 Å². The fraction of sp³-hybridized carbons (Fsp3) is 0.684. The Kier molecular flexibility index (Phi) is 6.13. The Morgan fingerprint density at radius 1 is 1.19 bits per heavy atom. The van der Waals surface area contributed by atoms with Crippen molar-refractivity contribution in [2.75, 3.05) is 0 Å².